The predicted molar refractivity (Wildman–Crippen MR) is 261 cm³/mol. The van der Waals surface area contributed by atoms with E-state index in [0.29, 0.717) is 0 Å². The van der Waals surface area contributed by atoms with E-state index < -0.39 is 0 Å². The van der Waals surface area contributed by atoms with Gasteiger partial charge in [-0.1, -0.05) is 176 Å². The Morgan fingerprint density at radius 2 is 0.790 bits per heavy atom. The zero-order chi connectivity index (χ0) is 41.0. The summed E-state index contributed by atoms with van der Waals surface area (Å²) in [6, 6.07) is 85.6. The van der Waals surface area contributed by atoms with E-state index in [-0.39, 0.29) is 0 Å². The smallest absolute Gasteiger partial charge is 0.135 e. The molecule has 0 unspecified atom stereocenters. The molecule has 0 amide bonds. The molecule has 11 aromatic rings. The summed E-state index contributed by atoms with van der Waals surface area (Å²) >= 11 is 0. The number of hydrogen-bond donors (Lipinski definition) is 0. The van der Waals surface area contributed by atoms with Crippen LogP contribution in [0.25, 0.3) is 88.0 Å². The third kappa shape index (κ3) is 6.20. The van der Waals surface area contributed by atoms with Gasteiger partial charge in [0.15, 0.2) is 0 Å². The van der Waals surface area contributed by atoms with Crippen molar-refractivity contribution >= 4 is 49.4 Å². The maximum atomic E-state index is 6.41. The van der Waals surface area contributed by atoms with Gasteiger partial charge in [-0.15, -0.1) is 0 Å². The highest BCUT2D eigenvalue weighted by Crippen LogP contribution is 2.49. The van der Waals surface area contributed by atoms with Crippen LogP contribution in [-0.4, -0.2) is 0 Å². The van der Waals surface area contributed by atoms with Crippen molar-refractivity contribution in [3.63, 3.8) is 0 Å². The third-order valence-corrected chi connectivity index (χ3v) is 12.4. The van der Waals surface area contributed by atoms with Crippen molar-refractivity contribution in [3.05, 3.63) is 237 Å². The minimum Gasteiger partial charge on any atom is -0.456 e. The topological polar surface area (TPSA) is 12.5 Å². The highest BCUT2D eigenvalue weighted by molar-refractivity contribution is 6.07. The summed E-state index contributed by atoms with van der Waals surface area (Å²) in [5.74, 6) is 1.78. The molecule has 0 N–H and O–H groups in total. The Morgan fingerprint density at radius 1 is 0.274 bits per heavy atom. The fourth-order valence-corrected chi connectivity index (χ4v) is 9.38. The summed E-state index contributed by atoms with van der Waals surface area (Å²) in [6.07, 6.45) is 0. The first-order valence-corrected chi connectivity index (χ1v) is 21.2. The van der Waals surface area contributed by atoms with Crippen LogP contribution in [0.2, 0.25) is 0 Å². The molecule has 1 heterocycles. The summed E-state index contributed by atoms with van der Waals surface area (Å²) < 4.78 is 6.41. The molecule has 0 saturated carbocycles. The van der Waals surface area contributed by atoms with Gasteiger partial charge in [0.05, 0.1) is 5.69 Å². The second-order valence-corrected chi connectivity index (χ2v) is 16.1. The summed E-state index contributed by atoms with van der Waals surface area (Å²) in [6.45, 7) is 0. The molecule has 290 valence electrons. The molecule has 0 aliphatic carbocycles. The van der Waals surface area contributed by atoms with Gasteiger partial charge in [0.25, 0.3) is 0 Å². The molecule has 0 atom stereocenters. The fourth-order valence-electron chi connectivity index (χ4n) is 9.38. The van der Waals surface area contributed by atoms with E-state index in [4.69, 9.17) is 4.74 Å². The first kappa shape index (κ1) is 35.7. The molecule has 12 rings (SSSR count). The van der Waals surface area contributed by atoms with E-state index in [1.165, 1.54) is 60.5 Å². The van der Waals surface area contributed by atoms with Crippen molar-refractivity contribution in [2.75, 3.05) is 4.90 Å². The van der Waals surface area contributed by atoms with Gasteiger partial charge >= 0.3 is 0 Å². The number of fused-ring (bicyclic) bond motifs is 4. The zero-order valence-corrected chi connectivity index (χ0v) is 33.9. The first-order valence-electron chi connectivity index (χ1n) is 21.2. The fraction of sp³-hybridized carbons (Fsp3) is 0. The Morgan fingerprint density at radius 3 is 1.58 bits per heavy atom. The lowest BCUT2D eigenvalue weighted by molar-refractivity contribution is 0.487. The SMILES string of the molecule is c1ccc2c(c1)Oc1cccc3cc(-c4ccccc4N(c4ccc(-c5ccc(-c6cccc7ccccc67)cc5)cc4)c4ccc(-c5ccc6ccccc6c5)cc4)cc-2c13. The molecule has 0 radical (unpaired) electrons. The summed E-state index contributed by atoms with van der Waals surface area (Å²) in [4.78, 5) is 2.40. The monoisotopic (exact) mass is 789 g/mol. The number of ether oxygens (including phenoxy) is 1. The van der Waals surface area contributed by atoms with E-state index in [9.17, 15) is 0 Å². The molecule has 0 saturated heterocycles. The Hall–Kier alpha value is -8.20. The molecular formula is C60H39NO. The van der Waals surface area contributed by atoms with E-state index in [0.717, 1.165) is 56.0 Å². The number of rotatable bonds is 7. The van der Waals surface area contributed by atoms with Crippen molar-refractivity contribution in [2.24, 2.45) is 0 Å². The molecule has 0 spiro atoms. The number of nitrogens with zero attached hydrogens (tertiary/aromatic N) is 1. The van der Waals surface area contributed by atoms with E-state index in [1.807, 2.05) is 6.07 Å². The maximum Gasteiger partial charge on any atom is 0.135 e. The molecular weight excluding hydrogens is 751 g/mol. The van der Waals surface area contributed by atoms with Crippen molar-refractivity contribution in [3.8, 4) is 67.1 Å². The average molecular weight is 790 g/mol. The van der Waals surface area contributed by atoms with Crippen LogP contribution in [0, 0.1) is 0 Å². The van der Waals surface area contributed by atoms with Crippen molar-refractivity contribution < 1.29 is 4.74 Å². The number of hydrogen-bond acceptors (Lipinski definition) is 2. The molecule has 1 aliphatic heterocycles. The van der Waals surface area contributed by atoms with E-state index in [1.54, 1.807) is 0 Å². The van der Waals surface area contributed by atoms with Crippen molar-refractivity contribution in [2.45, 2.75) is 0 Å². The molecule has 62 heavy (non-hydrogen) atoms. The molecule has 0 fully saturated rings. The molecule has 11 aromatic carbocycles. The third-order valence-electron chi connectivity index (χ3n) is 12.4. The largest absolute Gasteiger partial charge is 0.456 e. The molecule has 0 bridgehead atoms. The predicted octanol–water partition coefficient (Wildman–Crippen LogP) is 17.1. The van der Waals surface area contributed by atoms with Gasteiger partial charge in [0.2, 0.25) is 0 Å². The highest BCUT2D eigenvalue weighted by Gasteiger charge is 2.23. The second-order valence-electron chi connectivity index (χ2n) is 16.1. The Bertz CT molecular complexity index is 3470. The van der Waals surface area contributed by atoms with Crippen LogP contribution in [0.1, 0.15) is 0 Å². The van der Waals surface area contributed by atoms with Gasteiger partial charge < -0.3 is 9.64 Å². The van der Waals surface area contributed by atoms with Gasteiger partial charge in [0.1, 0.15) is 11.5 Å². The lowest BCUT2D eigenvalue weighted by Crippen LogP contribution is -2.11. The zero-order valence-electron chi connectivity index (χ0n) is 33.9. The lowest BCUT2D eigenvalue weighted by atomic mass is 9.90. The van der Waals surface area contributed by atoms with Crippen LogP contribution < -0.4 is 9.64 Å². The van der Waals surface area contributed by atoms with Crippen LogP contribution in [-0.2, 0) is 0 Å². The number of benzene rings is 11. The summed E-state index contributed by atoms with van der Waals surface area (Å²) in [5.41, 5.74) is 15.0. The van der Waals surface area contributed by atoms with Gasteiger partial charge in [-0.2, -0.15) is 0 Å². The lowest BCUT2D eigenvalue weighted by Gasteiger charge is -2.29. The minimum absolute atomic E-state index is 0.884. The van der Waals surface area contributed by atoms with Crippen LogP contribution in [0.3, 0.4) is 0 Å². The van der Waals surface area contributed by atoms with Crippen LogP contribution in [0.5, 0.6) is 11.5 Å². The highest BCUT2D eigenvalue weighted by atomic mass is 16.5. The van der Waals surface area contributed by atoms with E-state index >= 15 is 0 Å². The second kappa shape index (κ2) is 14.8. The molecule has 2 nitrogen and oxygen atoms in total. The Balaban J connectivity index is 0.963. The van der Waals surface area contributed by atoms with Gasteiger partial charge in [0, 0.05) is 27.9 Å². The number of para-hydroxylation sites is 2. The molecule has 0 aromatic heterocycles. The van der Waals surface area contributed by atoms with E-state index in [2.05, 4.69) is 235 Å². The number of anilines is 3. The normalized spacial score (nSPS) is 11.7. The van der Waals surface area contributed by atoms with Crippen LogP contribution in [0.4, 0.5) is 17.1 Å². The minimum atomic E-state index is 0.884. The first-order chi connectivity index (χ1) is 30.7. The Kier molecular flexibility index (Phi) is 8.53. The maximum absolute atomic E-state index is 6.41. The van der Waals surface area contributed by atoms with Gasteiger partial charge in [-0.3, -0.25) is 0 Å². The van der Waals surface area contributed by atoms with Gasteiger partial charge in [-0.05, 0) is 132 Å². The molecule has 1 aliphatic rings. The summed E-state index contributed by atoms with van der Waals surface area (Å²) in [7, 11) is 0. The van der Waals surface area contributed by atoms with Crippen molar-refractivity contribution in [1.29, 1.82) is 0 Å². The van der Waals surface area contributed by atoms with Crippen molar-refractivity contribution in [1.82, 2.24) is 0 Å². The van der Waals surface area contributed by atoms with Gasteiger partial charge in [-0.25, -0.2) is 0 Å². The van der Waals surface area contributed by atoms with Crippen LogP contribution in [0.15, 0.2) is 237 Å². The van der Waals surface area contributed by atoms with Crippen LogP contribution >= 0.6 is 0 Å². The standard InChI is InChI=1S/C60H39NO/c1-2-13-46-37-47(28-25-40(46)11-1)43-31-35-51(36-32-43)61(50-33-29-42(30-34-50)41-23-26-45(27-24-41)53-19-9-14-44-12-3-4-16-52(44)53)57-20-7-5-17-54(57)49-38-48-15-10-22-59-60(48)56(39-49)55-18-6-8-21-58(55)62-59/h1-39H. The summed E-state index contributed by atoms with van der Waals surface area (Å²) in [5, 5.41) is 7.31. The Labute approximate surface area is 361 Å². The quantitative estimate of drug-likeness (QED) is 0.159. The average Bonchev–Trinajstić information content (AvgIpc) is 3.34. The molecule has 2 heteroatoms.